The minimum atomic E-state index is 0.0252. The molecule has 1 fully saturated rings. The van der Waals surface area contributed by atoms with Gasteiger partial charge in [-0.25, -0.2) is 4.79 Å². The summed E-state index contributed by atoms with van der Waals surface area (Å²) < 4.78 is 5.78. The van der Waals surface area contributed by atoms with E-state index < -0.39 is 0 Å². The zero-order chi connectivity index (χ0) is 15.1. The van der Waals surface area contributed by atoms with Crippen LogP contribution in [0.4, 0.5) is 4.79 Å². The Bertz CT molecular complexity index is 441. The third-order valence-corrected chi connectivity index (χ3v) is 4.65. The van der Waals surface area contributed by atoms with Crippen LogP contribution in [0.2, 0.25) is 0 Å². The molecule has 2 atom stereocenters. The molecule has 1 N–H and O–H groups in total. The van der Waals surface area contributed by atoms with Gasteiger partial charge in [-0.1, -0.05) is 37.3 Å². The first-order chi connectivity index (χ1) is 10.2. The van der Waals surface area contributed by atoms with Gasteiger partial charge in [0.2, 0.25) is 0 Å². The van der Waals surface area contributed by atoms with E-state index >= 15 is 0 Å². The van der Waals surface area contributed by atoms with E-state index in [2.05, 4.69) is 30.6 Å². The van der Waals surface area contributed by atoms with E-state index in [-0.39, 0.29) is 12.1 Å². The summed E-state index contributed by atoms with van der Waals surface area (Å²) in [5, 5.41) is 3.44. The van der Waals surface area contributed by atoms with Crippen molar-refractivity contribution >= 4 is 17.8 Å². The van der Waals surface area contributed by atoms with Crippen LogP contribution < -0.4 is 5.32 Å². The smallest absolute Gasteiger partial charge is 0.317 e. The third kappa shape index (κ3) is 5.25. The summed E-state index contributed by atoms with van der Waals surface area (Å²) in [6.07, 6.45) is 3.00. The molecule has 0 spiro atoms. The lowest BCUT2D eigenvalue weighted by molar-refractivity contribution is -0.0132. The molecule has 0 saturated carbocycles. The second-order valence-corrected chi connectivity index (χ2v) is 6.64. The molecule has 2 rings (SSSR count). The van der Waals surface area contributed by atoms with Crippen LogP contribution in [0, 0.1) is 0 Å². The quantitative estimate of drug-likeness (QED) is 0.908. The molecule has 0 bridgehead atoms. The van der Waals surface area contributed by atoms with E-state index in [0.717, 1.165) is 6.42 Å². The second-order valence-electron chi connectivity index (χ2n) is 5.36. The summed E-state index contributed by atoms with van der Waals surface area (Å²) >= 11 is 1.76. The molecular formula is C16H24N2O2S. The standard InChI is InChI=1S/C16H24N2O2S/c1-13(21-2)11-17-16(19)18-8-9-20-15(12-18)10-14-6-4-3-5-7-14/h3-7,13,15H,8-12H2,1-2H3,(H,17,19)/t13-,15+/m0/s1. The topological polar surface area (TPSA) is 41.6 Å². The predicted octanol–water partition coefficient (Wildman–Crippen LogP) is 2.39. The monoisotopic (exact) mass is 308 g/mol. The van der Waals surface area contributed by atoms with Crippen LogP contribution in [0.1, 0.15) is 12.5 Å². The Morgan fingerprint density at radius 3 is 2.95 bits per heavy atom. The summed E-state index contributed by atoms with van der Waals surface area (Å²) in [4.78, 5) is 14.0. The summed E-state index contributed by atoms with van der Waals surface area (Å²) in [6.45, 7) is 4.77. The largest absolute Gasteiger partial charge is 0.374 e. The van der Waals surface area contributed by atoms with Gasteiger partial charge in [0.25, 0.3) is 0 Å². The lowest BCUT2D eigenvalue weighted by atomic mass is 10.1. The minimum Gasteiger partial charge on any atom is -0.374 e. The van der Waals surface area contributed by atoms with E-state index in [1.165, 1.54) is 5.56 Å². The van der Waals surface area contributed by atoms with Crippen molar-refractivity contribution in [2.24, 2.45) is 0 Å². The van der Waals surface area contributed by atoms with Crippen LogP contribution in [0.3, 0.4) is 0 Å². The molecule has 1 aliphatic rings. The number of nitrogens with one attached hydrogen (secondary N) is 1. The van der Waals surface area contributed by atoms with E-state index in [4.69, 9.17) is 4.74 Å². The van der Waals surface area contributed by atoms with Gasteiger partial charge in [0.05, 0.1) is 12.7 Å². The summed E-state index contributed by atoms with van der Waals surface area (Å²) in [5.74, 6) is 0. The first-order valence-electron chi connectivity index (χ1n) is 7.40. The Morgan fingerprint density at radius 2 is 2.24 bits per heavy atom. The molecule has 0 radical (unpaired) electrons. The second kappa shape index (κ2) is 8.29. The Kier molecular flexibility index (Phi) is 6.39. The predicted molar refractivity (Wildman–Crippen MR) is 87.8 cm³/mol. The van der Waals surface area contributed by atoms with E-state index in [0.29, 0.717) is 31.5 Å². The Morgan fingerprint density at radius 1 is 1.48 bits per heavy atom. The van der Waals surface area contributed by atoms with Crippen LogP contribution in [-0.2, 0) is 11.2 Å². The number of morpholine rings is 1. The molecule has 1 aromatic rings. The van der Waals surface area contributed by atoms with Crippen molar-refractivity contribution in [2.75, 3.05) is 32.5 Å². The lowest BCUT2D eigenvalue weighted by Crippen LogP contribution is -2.50. The van der Waals surface area contributed by atoms with Gasteiger partial charge in [0.1, 0.15) is 0 Å². The first-order valence-corrected chi connectivity index (χ1v) is 8.69. The van der Waals surface area contributed by atoms with Crippen molar-refractivity contribution in [3.8, 4) is 0 Å². The molecule has 4 nitrogen and oxygen atoms in total. The third-order valence-electron chi connectivity index (χ3n) is 3.68. The minimum absolute atomic E-state index is 0.0252. The Hall–Kier alpha value is -1.20. The SMILES string of the molecule is CS[C@@H](C)CNC(=O)N1CCO[C@H](Cc2ccccc2)C1. The maximum atomic E-state index is 12.2. The maximum absolute atomic E-state index is 12.2. The fourth-order valence-corrected chi connectivity index (χ4v) is 2.58. The number of carbonyl (C=O) groups is 1. The van der Waals surface area contributed by atoms with Crippen LogP contribution in [-0.4, -0.2) is 54.8 Å². The number of hydrogen-bond acceptors (Lipinski definition) is 3. The highest BCUT2D eigenvalue weighted by atomic mass is 32.2. The molecule has 0 unspecified atom stereocenters. The Labute approximate surface area is 131 Å². The van der Waals surface area contributed by atoms with Gasteiger partial charge in [0, 0.05) is 31.3 Å². The molecule has 1 heterocycles. The lowest BCUT2D eigenvalue weighted by Gasteiger charge is -2.33. The van der Waals surface area contributed by atoms with Crippen LogP contribution in [0.25, 0.3) is 0 Å². The highest BCUT2D eigenvalue weighted by Crippen LogP contribution is 2.12. The number of amides is 2. The molecular weight excluding hydrogens is 284 g/mol. The highest BCUT2D eigenvalue weighted by Gasteiger charge is 2.24. The normalized spacial score (nSPS) is 20.1. The van der Waals surface area contributed by atoms with Gasteiger partial charge < -0.3 is 15.0 Å². The van der Waals surface area contributed by atoms with Gasteiger partial charge >= 0.3 is 6.03 Å². The first kappa shape index (κ1) is 16.2. The molecule has 2 amide bonds. The van der Waals surface area contributed by atoms with Crippen molar-refractivity contribution < 1.29 is 9.53 Å². The molecule has 116 valence electrons. The molecule has 1 saturated heterocycles. The van der Waals surface area contributed by atoms with Gasteiger partial charge in [-0.05, 0) is 11.8 Å². The number of thioether (sulfide) groups is 1. The van der Waals surface area contributed by atoms with Crippen molar-refractivity contribution in [2.45, 2.75) is 24.7 Å². The zero-order valence-corrected chi connectivity index (χ0v) is 13.6. The van der Waals surface area contributed by atoms with Gasteiger partial charge in [-0.3, -0.25) is 0 Å². The van der Waals surface area contributed by atoms with Gasteiger partial charge in [0.15, 0.2) is 0 Å². The Balaban J connectivity index is 1.81. The molecule has 1 aliphatic heterocycles. The highest BCUT2D eigenvalue weighted by molar-refractivity contribution is 7.99. The van der Waals surface area contributed by atoms with Crippen LogP contribution >= 0.6 is 11.8 Å². The summed E-state index contributed by atoms with van der Waals surface area (Å²) in [6, 6.07) is 10.3. The van der Waals surface area contributed by atoms with Gasteiger partial charge in [-0.2, -0.15) is 11.8 Å². The molecule has 0 aliphatic carbocycles. The van der Waals surface area contributed by atoms with Crippen molar-refractivity contribution in [3.63, 3.8) is 0 Å². The zero-order valence-electron chi connectivity index (χ0n) is 12.7. The number of rotatable bonds is 5. The molecule has 21 heavy (non-hydrogen) atoms. The van der Waals surface area contributed by atoms with E-state index in [9.17, 15) is 4.79 Å². The van der Waals surface area contributed by atoms with Crippen molar-refractivity contribution in [1.29, 1.82) is 0 Å². The number of ether oxygens (including phenoxy) is 1. The average Bonchev–Trinajstić information content (AvgIpc) is 2.53. The number of urea groups is 1. The number of nitrogens with zero attached hydrogens (tertiary/aromatic N) is 1. The number of benzene rings is 1. The molecule has 5 heteroatoms. The van der Waals surface area contributed by atoms with Crippen molar-refractivity contribution in [1.82, 2.24) is 10.2 Å². The van der Waals surface area contributed by atoms with E-state index in [1.54, 1.807) is 11.8 Å². The molecule has 1 aromatic carbocycles. The average molecular weight is 308 g/mol. The molecule has 0 aromatic heterocycles. The van der Waals surface area contributed by atoms with Crippen LogP contribution in [0.5, 0.6) is 0 Å². The van der Waals surface area contributed by atoms with Gasteiger partial charge in [-0.15, -0.1) is 0 Å². The number of hydrogen-bond donors (Lipinski definition) is 1. The maximum Gasteiger partial charge on any atom is 0.317 e. The fraction of sp³-hybridized carbons (Fsp3) is 0.562. The fourth-order valence-electron chi connectivity index (χ4n) is 2.33. The summed E-state index contributed by atoms with van der Waals surface area (Å²) in [5.41, 5.74) is 1.25. The summed E-state index contributed by atoms with van der Waals surface area (Å²) in [7, 11) is 0. The van der Waals surface area contributed by atoms with Crippen LogP contribution in [0.15, 0.2) is 30.3 Å². The van der Waals surface area contributed by atoms with E-state index in [1.807, 2.05) is 23.1 Å². The van der Waals surface area contributed by atoms with Crippen molar-refractivity contribution in [3.05, 3.63) is 35.9 Å². The number of carbonyl (C=O) groups excluding carboxylic acids is 1.